The molecule has 0 aromatic heterocycles. The van der Waals surface area contributed by atoms with Crippen LogP contribution in [0.2, 0.25) is 0 Å². The smallest absolute Gasteiger partial charge is 0.251 e. The van der Waals surface area contributed by atoms with Gasteiger partial charge in [0.15, 0.2) is 0 Å². The van der Waals surface area contributed by atoms with Gasteiger partial charge in [0.2, 0.25) is 0 Å². The maximum absolute atomic E-state index is 12.6. The van der Waals surface area contributed by atoms with Gasteiger partial charge in [-0.2, -0.15) is 0 Å². The molecule has 0 radical (unpaired) electrons. The monoisotopic (exact) mass is 340 g/mol. The highest BCUT2D eigenvalue weighted by molar-refractivity contribution is 6.00. The Balaban J connectivity index is 2.15. The summed E-state index contributed by atoms with van der Waals surface area (Å²) in [5.41, 5.74) is 9.95. The molecule has 0 fully saturated rings. The van der Waals surface area contributed by atoms with Gasteiger partial charge in [-0.15, -0.1) is 0 Å². The fourth-order valence-corrected chi connectivity index (χ4v) is 2.72. The summed E-state index contributed by atoms with van der Waals surface area (Å²) in [6.45, 7) is 4.43. The Bertz CT molecular complexity index is 683. The van der Waals surface area contributed by atoms with E-state index in [9.17, 15) is 4.79 Å². The molecule has 2 rings (SSSR count). The summed E-state index contributed by atoms with van der Waals surface area (Å²) in [5.74, 6) is -0.119. The van der Waals surface area contributed by atoms with E-state index in [2.05, 4.69) is 36.5 Å². The van der Waals surface area contributed by atoms with Crippen molar-refractivity contribution >= 4 is 5.91 Å². The fraction of sp³-hybridized carbons (Fsp3) is 0.381. The lowest BCUT2D eigenvalue weighted by Crippen LogP contribution is -2.44. The van der Waals surface area contributed by atoms with Crippen molar-refractivity contribution in [3.8, 4) is 11.1 Å². The number of ether oxygens (including phenoxy) is 1. The maximum atomic E-state index is 12.6. The molecular formula is C21H28N2O2. The third-order valence-corrected chi connectivity index (χ3v) is 4.45. The zero-order chi connectivity index (χ0) is 18.2. The lowest BCUT2D eigenvalue weighted by atomic mass is 9.97. The second kappa shape index (κ2) is 9.35. The first-order valence-electron chi connectivity index (χ1n) is 8.81. The number of amides is 1. The number of carbonyl (C=O) groups excluding carboxylic acids is 1. The van der Waals surface area contributed by atoms with Crippen LogP contribution in [-0.2, 0) is 11.2 Å². The van der Waals surface area contributed by atoms with E-state index in [0.717, 1.165) is 24.0 Å². The van der Waals surface area contributed by atoms with Crippen LogP contribution in [0.5, 0.6) is 0 Å². The van der Waals surface area contributed by atoms with Crippen LogP contribution in [0.25, 0.3) is 11.1 Å². The highest BCUT2D eigenvalue weighted by Crippen LogP contribution is 2.24. The Kier molecular flexibility index (Phi) is 7.16. The Morgan fingerprint density at radius 3 is 2.48 bits per heavy atom. The third kappa shape index (κ3) is 5.15. The standard InChI is InChI=1S/C21H28N2O2/c1-4-7-16-10-12-17(13-11-16)18-8-5-6-9-19(18)21(24)23-14-20(22)15(2)25-3/h5-6,8-13,15,20H,4,7,14,22H2,1-3H3,(H,23,24)/t15-,20-/m1/s1. The largest absolute Gasteiger partial charge is 0.380 e. The number of methoxy groups -OCH3 is 1. The van der Waals surface area contributed by atoms with Crippen LogP contribution in [0.1, 0.15) is 36.2 Å². The minimum atomic E-state index is -0.241. The molecule has 2 atom stereocenters. The second-order valence-electron chi connectivity index (χ2n) is 6.31. The van der Waals surface area contributed by atoms with E-state index in [1.165, 1.54) is 5.56 Å². The van der Waals surface area contributed by atoms with Gasteiger partial charge in [0.25, 0.3) is 5.91 Å². The van der Waals surface area contributed by atoms with Crippen molar-refractivity contribution in [3.05, 3.63) is 59.7 Å². The van der Waals surface area contributed by atoms with Crippen molar-refractivity contribution in [2.75, 3.05) is 13.7 Å². The third-order valence-electron chi connectivity index (χ3n) is 4.45. The van der Waals surface area contributed by atoms with Gasteiger partial charge >= 0.3 is 0 Å². The predicted octanol–water partition coefficient (Wildman–Crippen LogP) is 3.40. The Hall–Kier alpha value is -2.17. The zero-order valence-electron chi connectivity index (χ0n) is 15.3. The molecule has 2 aromatic rings. The number of aryl methyl sites for hydroxylation is 1. The fourth-order valence-electron chi connectivity index (χ4n) is 2.72. The molecular weight excluding hydrogens is 312 g/mol. The summed E-state index contributed by atoms with van der Waals surface area (Å²) in [4.78, 5) is 12.6. The molecule has 0 aliphatic rings. The van der Waals surface area contributed by atoms with Gasteiger partial charge in [0.1, 0.15) is 0 Å². The molecule has 0 saturated carbocycles. The predicted molar refractivity (Wildman–Crippen MR) is 103 cm³/mol. The summed E-state index contributed by atoms with van der Waals surface area (Å²) < 4.78 is 5.20. The summed E-state index contributed by atoms with van der Waals surface area (Å²) in [7, 11) is 1.61. The van der Waals surface area contributed by atoms with E-state index in [-0.39, 0.29) is 18.1 Å². The normalized spacial score (nSPS) is 13.3. The van der Waals surface area contributed by atoms with Crippen LogP contribution in [0.15, 0.2) is 48.5 Å². The summed E-state index contributed by atoms with van der Waals surface area (Å²) in [6.07, 6.45) is 2.08. The zero-order valence-corrected chi connectivity index (χ0v) is 15.3. The summed E-state index contributed by atoms with van der Waals surface area (Å²) >= 11 is 0. The van der Waals surface area contributed by atoms with Gasteiger partial charge in [-0.05, 0) is 36.1 Å². The lowest BCUT2D eigenvalue weighted by molar-refractivity contribution is 0.0862. The molecule has 4 nitrogen and oxygen atoms in total. The number of benzene rings is 2. The highest BCUT2D eigenvalue weighted by atomic mass is 16.5. The molecule has 0 spiro atoms. The number of hydrogen-bond acceptors (Lipinski definition) is 3. The number of carbonyl (C=O) groups is 1. The first kappa shape index (κ1) is 19.2. The van der Waals surface area contributed by atoms with Crippen molar-refractivity contribution < 1.29 is 9.53 Å². The van der Waals surface area contributed by atoms with Crippen molar-refractivity contribution in [2.45, 2.75) is 38.8 Å². The van der Waals surface area contributed by atoms with Gasteiger partial charge < -0.3 is 15.8 Å². The average Bonchev–Trinajstić information content (AvgIpc) is 2.66. The number of hydrogen-bond donors (Lipinski definition) is 2. The molecule has 0 saturated heterocycles. The Labute approximate surface area is 150 Å². The molecule has 2 aromatic carbocycles. The van der Waals surface area contributed by atoms with Crippen molar-refractivity contribution in [1.82, 2.24) is 5.32 Å². The van der Waals surface area contributed by atoms with Crippen LogP contribution >= 0.6 is 0 Å². The topological polar surface area (TPSA) is 64.4 Å². The van der Waals surface area contributed by atoms with Crippen LogP contribution in [0.3, 0.4) is 0 Å². The van der Waals surface area contributed by atoms with Crippen LogP contribution < -0.4 is 11.1 Å². The molecule has 0 heterocycles. The van der Waals surface area contributed by atoms with Gasteiger partial charge in [0.05, 0.1) is 6.10 Å². The summed E-state index contributed by atoms with van der Waals surface area (Å²) in [6, 6.07) is 15.8. The van der Waals surface area contributed by atoms with Crippen LogP contribution in [0.4, 0.5) is 0 Å². The van der Waals surface area contributed by atoms with E-state index < -0.39 is 0 Å². The first-order chi connectivity index (χ1) is 12.1. The second-order valence-corrected chi connectivity index (χ2v) is 6.31. The number of nitrogens with two attached hydrogens (primary N) is 1. The quantitative estimate of drug-likeness (QED) is 0.774. The van der Waals surface area contributed by atoms with Crippen molar-refractivity contribution in [2.24, 2.45) is 5.73 Å². The van der Waals surface area contributed by atoms with E-state index in [4.69, 9.17) is 10.5 Å². The average molecular weight is 340 g/mol. The highest BCUT2D eigenvalue weighted by Gasteiger charge is 2.16. The van der Waals surface area contributed by atoms with Crippen molar-refractivity contribution in [1.29, 1.82) is 0 Å². The minimum Gasteiger partial charge on any atom is -0.380 e. The SMILES string of the molecule is CCCc1ccc(-c2ccccc2C(=O)NC[C@@H](N)[C@@H](C)OC)cc1. The van der Waals surface area contributed by atoms with Crippen molar-refractivity contribution in [3.63, 3.8) is 0 Å². The molecule has 1 amide bonds. The Morgan fingerprint density at radius 2 is 1.84 bits per heavy atom. The molecule has 0 aliphatic carbocycles. The molecule has 25 heavy (non-hydrogen) atoms. The lowest BCUT2D eigenvalue weighted by Gasteiger charge is -2.19. The van der Waals surface area contributed by atoms with E-state index in [0.29, 0.717) is 12.1 Å². The first-order valence-corrected chi connectivity index (χ1v) is 8.81. The van der Waals surface area contributed by atoms with Gasteiger partial charge in [-0.25, -0.2) is 0 Å². The maximum Gasteiger partial charge on any atom is 0.251 e. The van der Waals surface area contributed by atoms with E-state index >= 15 is 0 Å². The van der Waals surface area contributed by atoms with Gasteiger partial charge in [0, 0.05) is 25.3 Å². The molecule has 0 bridgehead atoms. The molecule has 0 aliphatic heterocycles. The van der Waals surface area contributed by atoms with Crippen LogP contribution in [-0.4, -0.2) is 31.7 Å². The van der Waals surface area contributed by atoms with Gasteiger partial charge in [-0.1, -0.05) is 55.8 Å². The van der Waals surface area contributed by atoms with Crippen LogP contribution in [0, 0.1) is 0 Å². The number of nitrogens with one attached hydrogen (secondary N) is 1. The number of rotatable bonds is 8. The molecule has 0 unspecified atom stereocenters. The molecule has 4 heteroatoms. The summed E-state index contributed by atoms with van der Waals surface area (Å²) in [5, 5.41) is 2.91. The minimum absolute atomic E-state index is 0.110. The van der Waals surface area contributed by atoms with Gasteiger partial charge in [-0.3, -0.25) is 4.79 Å². The van der Waals surface area contributed by atoms with E-state index in [1.807, 2.05) is 31.2 Å². The Morgan fingerprint density at radius 1 is 1.16 bits per heavy atom. The van der Waals surface area contributed by atoms with E-state index in [1.54, 1.807) is 7.11 Å². The molecule has 3 N–H and O–H groups in total. The molecule has 134 valence electrons.